The summed E-state index contributed by atoms with van der Waals surface area (Å²) in [6, 6.07) is 12.0. The second-order valence-electron chi connectivity index (χ2n) is 4.32. The molecule has 1 aliphatic heterocycles. The van der Waals surface area contributed by atoms with Gasteiger partial charge in [-0.15, -0.1) is 0 Å². The first-order valence-electron chi connectivity index (χ1n) is 5.54. The number of hydrogen-bond donors (Lipinski definition) is 1. The van der Waals surface area contributed by atoms with E-state index >= 15 is 0 Å². The number of amides is 1. The zero-order chi connectivity index (χ0) is 12.1. The van der Waals surface area contributed by atoms with Gasteiger partial charge in [0.15, 0.2) is 0 Å². The second-order valence-corrected chi connectivity index (χ2v) is 4.32. The van der Waals surface area contributed by atoms with E-state index in [-0.39, 0.29) is 18.9 Å². The maximum atomic E-state index is 11.1. The van der Waals surface area contributed by atoms with Gasteiger partial charge in [-0.3, -0.25) is 4.79 Å². The normalized spacial score (nSPS) is 23.1. The molecule has 0 aromatic heterocycles. The summed E-state index contributed by atoms with van der Waals surface area (Å²) in [5, 5.41) is 11.8. The van der Waals surface area contributed by atoms with E-state index in [1.165, 1.54) is 0 Å². The number of ether oxygens (including phenoxy) is 1. The predicted octanol–water partition coefficient (Wildman–Crippen LogP) is 1.23. The lowest BCUT2D eigenvalue weighted by molar-refractivity contribution is -0.119. The first-order valence-corrected chi connectivity index (χ1v) is 5.54. The molecule has 1 fully saturated rings. The fourth-order valence-corrected chi connectivity index (χ4v) is 1.85. The average molecular weight is 230 g/mol. The number of benzene rings is 1. The minimum Gasteiger partial charge on any atom is -0.375 e. The zero-order valence-electron chi connectivity index (χ0n) is 9.48. The van der Waals surface area contributed by atoms with Gasteiger partial charge in [0.1, 0.15) is 5.41 Å². The summed E-state index contributed by atoms with van der Waals surface area (Å²) >= 11 is 0. The van der Waals surface area contributed by atoms with Crippen LogP contribution in [0.1, 0.15) is 12.0 Å². The highest BCUT2D eigenvalue weighted by molar-refractivity contribution is 5.79. The van der Waals surface area contributed by atoms with Gasteiger partial charge in [0.2, 0.25) is 5.91 Å². The fraction of sp³-hybridized carbons (Fsp3) is 0.385. The smallest absolute Gasteiger partial charge is 0.221 e. The molecule has 0 aliphatic carbocycles. The van der Waals surface area contributed by atoms with E-state index < -0.39 is 5.41 Å². The molecule has 1 N–H and O–H groups in total. The molecule has 1 unspecified atom stereocenters. The molecule has 1 amide bonds. The molecule has 1 saturated heterocycles. The van der Waals surface area contributed by atoms with E-state index in [9.17, 15) is 4.79 Å². The summed E-state index contributed by atoms with van der Waals surface area (Å²) in [6.07, 6.45) is 0.234. The summed E-state index contributed by atoms with van der Waals surface area (Å²) < 4.78 is 5.53. The Kier molecular flexibility index (Phi) is 3.40. The number of nitrogens with one attached hydrogen (secondary N) is 1. The largest absolute Gasteiger partial charge is 0.375 e. The van der Waals surface area contributed by atoms with E-state index in [0.29, 0.717) is 13.2 Å². The van der Waals surface area contributed by atoms with Gasteiger partial charge in [-0.1, -0.05) is 30.3 Å². The molecule has 0 spiro atoms. The standard InChI is InChI=1S/C13H14N2O2/c14-8-13(6-12(16)15-9-13)10-17-7-11-4-2-1-3-5-11/h1-5H,6-7,9-10H2,(H,15,16). The Morgan fingerprint density at radius 3 is 2.76 bits per heavy atom. The summed E-state index contributed by atoms with van der Waals surface area (Å²) in [5.74, 6) is -0.0742. The van der Waals surface area contributed by atoms with E-state index in [1.54, 1.807) is 0 Å². The lowest BCUT2D eigenvalue weighted by Crippen LogP contribution is -2.27. The Labute approximate surface area is 100 Å². The van der Waals surface area contributed by atoms with Crippen LogP contribution in [-0.4, -0.2) is 19.1 Å². The number of rotatable bonds is 4. The van der Waals surface area contributed by atoms with Crippen molar-refractivity contribution in [1.82, 2.24) is 5.32 Å². The molecule has 1 aromatic rings. The number of nitrogens with zero attached hydrogens (tertiary/aromatic N) is 1. The van der Waals surface area contributed by atoms with Gasteiger partial charge in [0.05, 0.1) is 19.3 Å². The number of carbonyl (C=O) groups is 1. The minimum atomic E-state index is -0.689. The van der Waals surface area contributed by atoms with Gasteiger partial charge < -0.3 is 10.1 Å². The molecule has 4 heteroatoms. The van der Waals surface area contributed by atoms with Crippen molar-refractivity contribution < 1.29 is 9.53 Å². The van der Waals surface area contributed by atoms with Crippen LogP contribution in [0.3, 0.4) is 0 Å². The molecule has 88 valence electrons. The Morgan fingerprint density at radius 1 is 1.41 bits per heavy atom. The highest BCUT2D eigenvalue weighted by Gasteiger charge is 2.39. The molecule has 4 nitrogen and oxygen atoms in total. The lowest BCUT2D eigenvalue weighted by Gasteiger charge is -2.17. The van der Waals surface area contributed by atoms with Crippen LogP contribution in [0.2, 0.25) is 0 Å². The van der Waals surface area contributed by atoms with E-state index in [2.05, 4.69) is 11.4 Å². The van der Waals surface area contributed by atoms with Crippen LogP contribution < -0.4 is 5.32 Å². The van der Waals surface area contributed by atoms with E-state index in [1.807, 2.05) is 30.3 Å². The molecular formula is C13H14N2O2. The van der Waals surface area contributed by atoms with Crippen molar-refractivity contribution in [3.63, 3.8) is 0 Å². The Hall–Kier alpha value is -1.86. The van der Waals surface area contributed by atoms with Crippen molar-refractivity contribution in [2.45, 2.75) is 13.0 Å². The lowest BCUT2D eigenvalue weighted by atomic mass is 9.90. The van der Waals surface area contributed by atoms with Gasteiger partial charge >= 0.3 is 0 Å². The number of nitriles is 1. The average Bonchev–Trinajstić information content (AvgIpc) is 2.73. The highest BCUT2D eigenvalue weighted by atomic mass is 16.5. The first kappa shape index (κ1) is 11.6. The molecule has 1 heterocycles. The van der Waals surface area contributed by atoms with Crippen LogP contribution >= 0.6 is 0 Å². The van der Waals surface area contributed by atoms with Crippen molar-refractivity contribution in [3.8, 4) is 6.07 Å². The summed E-state index contributed by atoms with van der Waals surface area (Å²) in [4.78, 5) is 11.1. The minimum absolute atomic E-state index is 0.0742. The van der Waals surface area contributed by atoms with Crippen LogP contribution in [0.4, 0.5) is 0 Å². The van der Waals surface area contributed by atoms with Crippen molar-refractivity contribution in [2.24, 2.45) is 5.41 Å². The molecule has 1 atom stereocenters. The molecule has 1 aromatic carbocycles. The summed E-state index contributed by atoms with van der Waals surface area (Å²) in [5.41, 5.74) is 0.379. The van der Waals surface area contributed by atoms with Crippen molar-refractivity contribution in [1.29, 1.82) is 5.26 Å². The molecule has 0 radical (unpaired) electrons. The van der Waals surface area contributed by atoms with E-state index in [4.69, 9.17) is 10.00 Å². The van der Waals surface area contributed by atoms with Crippen LogP contribution in [0, 0.1) is 16.7 Å². The maximum Gasteiger partial charge on any atom is 0.221 e. The third-order valence-electron chi connectivity index (χ3n) is 2.85. The van der Waals surface area contributed by atoms with Gasteiger partial charge in [0.25, 0.3) is 0 Å². The number of hydrogen-bond acceptors (Lipinski definition) is 3. The van der Waals surface area contributed by atoms with Gasteiger partial charge in [-0.2, -0.15) is 5.26 Å². The predicted molar refractivity (Wildman–Crippen MR) is 61.8 cm³/mol. The van der Waals surface area contributed by atoms with Crippen LogP contribution in [0.25, 0.3) is 0 Å². The van der Waals surface area contributed by atoms with Gasteiger partial charge in [-0.05, 0) is 5.56 Å². The molecule has 17 heavy (non-hydrogen) atoms. The van der Waals surface area contributed by atoms with Crippen molar-refractivity contribution in [2.75, 3.05) is 13.2 Å². The SMILES string of the molecule is N#CC1(COCc2ccccc2)CNC(=O)C1. The Balaban J connectivity index is 1.86. The first-order chi connectivity index (χ1) is 8.24. The third-order valence-corrected chi connectivity index (χ3v) is 2.85. The quantitative estimate of drug-likeness (QED) is 0.846. The summed E-state index contributed by atoms with van der Waals surface area (Å²) in [7, 11) is 0. The van der Waals surface area contributed by atoms with Gasteiger partial charge in [-0.25, -0.2) is 0 Å². The maximum absolute atomic E-state index is 11.1. The third kappa shape index (κ3) is 2.83. The topological polar surface area (TPSA) is 62.1 Å². The monoisotopic (exact) mass is 230 g/mol. The van der Waals surface area contributed by atoms with Crippen LogP contribution in [0.15, 0.2) is 30.3 Å². The molecule has 0 bridgehead atoms. The van der Waals surface area contributed by atoms with Crippen LogP contribution in [0.5, 0.6) is 0 Å². The molecule has 2 rings (SSSR count). The fourth-order valence-electron chi connectivity index (χ4n) is 1.85. The zero-order valence-corrected chi connectivity index (χ0v) is 9.48. The Bertz CT molecular complexity index is 438. The molecule has 0 saturated carbocycles. The number of carbonyl (C=O) groups excluding carboxylic acids is 1. The molecular weight excluding hydrogens is 216 g/mol. The van der Waals surface area contributed by atoms with Crippen molar-refractivity contribution in [3.05, 3.63) is 35.9 Å². The van der Waals surface area contributed by atoms with E-state index in [0.717, 1.165) is 5.56 Å². The van der Waals surface area contributed by atoms with Crippen LogP contribution in [-0.2, 0) is 16.1 Å². The Morgan fingerprint density at radius 2 is 2.18 bits per heavy atom. The second kappa shape index (κ2) is 4.98. The summed E-state index contributed by atoms with van der Waals surface area (Å²) in [6.45, 7) is 1.15. The van der Waals surface area contributed by atoms with Crippen molar-refractivity contribution >= 4 is 5.91 Å². The van der Waals surface area contributed by atoms with Gasteiger partial charge in [0, 0.05) is 13.0 Å². The molecule has 1 aliphatic rings. The highest BCUT2D eigenvalue weighted by Crippen LogP contribution is 2.25.